The molecule has 2 unspecified atom stereocenters. The average molecular weight is 755 g/mol. The van der Waals surface area contributed by atoms with Gasteiger partial charge in [-0.2, -0.15) is 5.10 Å². The Hall–Kier alpha value is -4.42. The standard InChI is InChI=1S/C42H54N6O5S/c1-9-48-39(37(28(6)43-48)42(50)46-22-26(4)45(7)27(5)23-46)32-19-31-20-33(53-8)16-18-34(31)40-38(29-13-11-10-12-14-29)35-17-15-30(21-36(35)47(40)24-32)41(49)44-54(51,52)25(2)3/h15-21,25-27,29H,9-14,22-24H2,1-8H3,(H,44,49). The lowest BCUT2D eigenvalue weighted by Crippen LogP contribution is -2.56. The summed E-state index contributed by atoms with van der Waals surface area (Å²) >= 11 is 0. The summed E-state index contributed by atoms with van der Waals surface area (Å²) < 4.78 is 37.8. The first kappa shape index (κ1) is 37.9. The van der Waals surface area contributed by atoms with Crippen LogP contribution in [0.3, 0.4) is 0 Å². The number of allylic oxidation sites excluding steroid dienone is 1. The Kier molecular flexibility index (Phi) is 10.3. The summed E-state index contributed by atoms with van der Waals surface area (Å²) in [4.78, 5) is 32.5. The van der Waals surface area contributed by atoms with E-state index in [-0.39, 0.29) is 23.6 Å². The number of carbonyl (C=O) groups is 2. The van der Waals surface area contributed by atoms with Gasteiger partial charge < -0.3 is 14.2 Å². The number of nitrogens with zero attached hydrogens (tertiary/aromatic N) is 5. The topological polar surface area (TPSA) is 119 Å². The zero-order valence-electron chi connectivity index (χ0n) is 32.9. The van der Waals surface area contributed by atoms with Gasteiger partial charge in [0.1, 0.15) is 5.75 Å². The minimum absolute atomic E-state index is 0.0178. The number of rotatable bonds is 8. The van der Waals surface area contributed by atoms with E-state index < -0.39 is 21.2 Å². The normalized spacial score (nSPS) is 19.7. The molecular formula is C42H54N6O5S. The van der Waals surface area contributed by atoms with E-state index in [4.69, 9.17) is 9.84 Å². The summed E-state index contributed by atoms with van der Waals surface area (Å²) in [6, 6.07) is 12.2. The maximum atomic E-state index is 14.7. The Bertz CT molecular complexity index is 2250. The van der Waals surface area contributed by atoms with Crippen molar-refractivity contribution < 1.29 is 22.7 Å². The molecule has 4 aromatic rings. The van der Waals surface area contributed by atoms with Crippen molar-refractivity contribution in [1.29, 1.82) is 0 Å². The molecule has 2 atom stereocenters. The van der Waals surface area contributed by atoms with Crippen LogP contribution in [0.5, 0.6) is 5.75 Å². The fourth-order valence-electron chi connectivity index (χ4n) is 8.75. The molecule has 1 saturated carbocycles. The number of aryl methyl sites for hydroxylation is 2. The Morgan fingerprint density at radius 2 is 1.70 bits per heavy atom. The molecule has 12 heteroatoms. The molecule has 2 aromatic heterocycles. The maximum Gasteiger partial charge on any atom is 0.264 e. The number of hydrogen-bond acceptors (Lipinski definition) is 7. The predicted molar refractivity (Wildman–Crippen MR) is 214 cm³/mol. The molecule has 7 rings (SSSR count). The smallest absolute Gasteiger partial charge is 0.264 e. The average Bonchev–Trinajstić information content (AvgIpc) is 3.60. The fraction of sp³-hybridized carbons (Fsp3) is 0.500. The molecule has 11 nitrogen and oxygen atoms in total. The van der Waals surface area contributed by atoms with Gasteiger partial charge in [0.25, 0.3) is 11.8 Å². The molecular weight excluding hydrogens is 701 g/mol. The van der Waals surface area contributed by atoms with E-state index in [2.05, 4.69) is 53.3 Å². The quantitative estimate of drug-likeness (QED) is 0.204. The molecule has 1 saturated heterocycles. The van der Waals surface area contributed by atoms with Gasteiger partial charge >= 0.3 is 0 Å². The summed E-state index contributed by atoms with van der Waals surface area (Å²) in [6.07, 6.45) is 7.81. The number of amides is 2. The van der Waals surface area contributed by atoms with E-state index in [0.29, 0.717) is 43.4 Å². The van der Waals surface area contributed by atoms with Crippen molar-refractivity contribution in [1.82, 2.24) is 28.9 Å². The van der Waals surface area contributed by atoms with Crippen LogP contribution in [0.15, 0.2) is 36.4 Å². The third kappa shape index (κ3) is 6.65. The van der Waals surface area contributed by atoms with Crippen LogP contribution < -0.4 is 9.46 Å². The van der Waals surface area contributed by atoms with Crippen molar-refractivity contribution in [3.05, 3.63) is 70.0 Å². The molecule has 0 bridgehead atoms. The number of sulfonamides is 1. The number of likely N-dealkylation sites (N-methyl/N-ethyl adjacent to an activating group) is 1. The highest BCUT2D eigenvalue weighted by molar-refractivity contribution is 7.90. The van der Waals surface area contributed by atoms with Crippen LogP contribution in [0.2, 0.25) is 0 Å². The van der Waals surface area contributed by atoms with Crippen LogP contribution in [0, 0.1) is 6.92 Å². The summed E-state index contributed by atoms with van der Waals surface area (Å²) in [7, 11) is -0.0533. The van der Waals surface area contributed by atoms with Gasteiger partial charge in [-0.15, -0.1) is 0 Å². The zero-order chi connectivity index (χ0) is 38.6. The van der Waals surface area contributed by atoms with Crippen molar-refractivity contribution in [3.8, 4) is 17.0 Å². The highest BCUT2D eigenvalue weighted by Gasteiger charge is 2.36. The highest BCUT2D eigenvalue weighted by Crippen LogP contribution is 2.48. The van der Waals surface area contributed by atoms with E-state index in [1.807, 2.05) is 41.6 Å². The predicted octanol–water partition coefficient (Wildman–Crippen LogP) is 7.08. The Morgan fingerprint density at radius 1 is 1.00 bits per heavy atom. The van der Waals surface area contributed by atoms with E-state index in [9.17, 15) is 18.0 Å². The van der Waals surface area contributed by atoms with E-state index in [1.165, 1.54) is 12.0 Å². The summed E-state index contributed by atoms with van der Waals surface area (Å²) in [5.74, 6) is 0.376. The van der Waals surface area contributed by atoms with E-state index in [0.717, 1.165) is 70.4 Å². The minimum atomic E-state index is -3.84. The SMILES string of the molecule is CCn1nc(C)c(C(=O)N2CC(C)N(C)C(C)C2)c1C1=Cc2cc(OC)ccc2-c2c(C3CCCCC3)c3ccc(C(=O)NS(=O)(=O)C(C)C)cc3n2C1. The number of aromatic nitrogens is 3. The van der Waals surface area contributed by atoms with Gasteiger partial charge in [0.15, 0.2) is 0 Å². The first-order chi connectivity index (χ1) is 25.7. The molecule has 2 fully saturated rings. The number of hydrogen-bond donors (Lipinski definition) is 1. The molecule has 4 heterocycles. The van der Waals surface area contributed by atoms with Gasteiger partial charge in [0.2, 0.25) is 10.0 Å². The lowest BCUT2D eigenvalue weighted by atomic mass is 9.81. The van der Waals surface area contributed by atoms with Crippen LogP contribution in [-0.4, -0.2) is 89.0 Å². The highest BCUT2D eigenvalue weighted by atomic mass is 32.2. The number of carbonyl (C=O) groups excluding carboxylic acids is 2. The third-order valence-corrected chi connectivity index (χ3v) is 13.7. The van der Waals surface area contributed by atoms with Crippen molar-refractivity contribution in [3.63, 3.8) is 0 Å². The molecule has 288 valence electrons. The van der Waals surface area contributed by atoms with Crippen molar-refractivity contribution >= 4 is 44.4 Å². The largest absolute Gasteiger partial charge is 0.497 e. The molecule has 2 amide bonds. The molecule has 2 aliphatic heterocycles. The molecule has 2 aromatic carbocycles. The van der Waals surface area contributed by atoms with Gasteiger partial charge in [-0.3, -0.25) is 19.2 Å². The summed E-state index contributed by atoms with van der Waals surface area (Å²) in [5.41, 5.74) is 8.51. The van der Waals surface area contributed by atoms with Crippen molar-refractivity contribution in [2.75, 3.05) is 27.2 Å². The fourth-order valence-corrected chi connectivity index (χ4v) is 9.37. The summed E-state index contributed by atoms with van der Waals surface area (Å²) in [6.45, 7) is 13.6. The molecule has 0 spiro atoms. The maximum absolute atomic E-state index is 14.7. The number of fused-ring (bicyclic) bond motifs is 5. The van der Waals surface area contributed by atoms with Crippen LogP contribution >= 0.6 is 0 Å². The second-order valence-corrected chi connectivity index (χ2v) is 18.0. The second kappa shape index (κ2) is 14.7. The third-order valence-electron chi connectivity index (χ3n) is 12.0. The Labute approximate surface area is 319 Å². The lowest BCUT2D eigenvalue weighted by Gasteiger charge is -2.42. The lowest BCUT2D eigenvalue weighted by molar-refractivity contribution is 0.0413. The van der Waals surface area contributed by atoms with Crippen molar-refractivity contribution in [2.24, 2.45) is 0 Å². The number of ether oxygens (including phenoxy) is 1. The molecule has 0 radical (unpaired) electrons. The molecule has 54 heavy (non-hydrogen) atoms. The van der Waals surface area contributed by atoms with Gasteiger partial charge in [-0.1, -0.05) is 25.3 Å². The summed E-state index contributed by atoms with van der Waals surface area (Å²) in [5, 5.41) is 5.25. The van der Waals surface area contributed by atoms with Crippen LogP contribution in [0.4, 0.5) is 0 Å². The first-order valence-electron chi connectivity index (χ1n) is 19.4. The molecule has 1 aliphatic carbocycles. The Balaban J connectivity index is 1.46. The first-order valence-corrected chi connectivity index (χ1v) is 21.0. The van der Waals surface area contributed by atoms with Gasteiger partial charge in [0, 0.05) is 53.7 Å². The van der Waals surface area contributed by atoms with Gasteiger partial charge in [-0.05, 0) is 120 Å². The van der Waals surface area contributed by atoms with Crippen LogP contribution in [0.25, 0.3) is 33.8 Å². The van der Waals surface area contributed by atoms with Gasteiger partial charge in [-0.25, -0.2) is 13.1 Å². The molecule has 1 N–H and O–H groups in total. The van der Waals surface area contributed by atoms with Crippen LogP contribution in [0.1, 0.15) is 116 Å². The minimum Gasteiger partial charge on any atom is -0.497 e. The number of benzene rings is 2. The number of nitrogens with one attached hydrogen (secondary N) is 1. The zero-order valence-corrected chi connectivity index (χ0v) is 33.7. The van der Waals surface area contributed by atoms with Crippen LogP contribution in [-0.2, 0) is 23.1 Å². The Morgan fingerprint density at radius 3 is 2.35 bits per heavy atom. The van der Waals surface area contributed by atoms with Gasteiger partial charge in [0.05, 0.1) is 41.5 Å². The number of piperazine rings is 1. The second-order valence-electron chi connectivity index (χ2n) is 15.8. The van der Waals surface area contributed by atoms with E-state index in [1.54, 1.807) is 27.0 Å². The number of methoxy groups -OCH3 is 1. The van der Waals surface area contributed by atoms with E-state index >= 15 is 0 Å². The van der Waals surface area contributed by atoms with Crippen molar-refractivity contribution in [2.45, 2.75) is 110 Å². The molecule has 3 aliphatic rings. The monoisotopic (exact) mass is 754 g/mol.